The lowest BCUT2D eigenvalue weighted by Gasteiger charge is -2.45. The Morgan fingerprint density at radius 2 is 1.68 bits per heavy atom. The van der Waals surface area contributed by atoms with Crippen LogP contribution in [-0.2, 0) is 9.59 Å². The Labute approximate surface area is 342 Å². The highest BCUT2D eigenvalue weighted by atomic mass is 32.1. The van der Waals surface area contributed by atoms with Crippen molar-refractivity contribution in [3.8, 4) is 22.6 Å². The number of piperazine rings is 1. The lowest BCUT2D eigenvalue weighted by molar-refractivity contribution is -0.138. The first kappa shape index (κ1) is 39.8. The number of aryl methyl sites for hydroxylation is 1. The number of benzene rings is 2. The van der Waals surface area contributed by atoms with E-state index in [1.54, 1.807) is 18.4 Å². The zero-order valence-corrected chi connectivity index (χ0v) is 35.1. The summed E-state index contributed by atoms with van der Waals surface area (Å²) in [6.45, 7) is 12.8. The number of carbonyl (C=O) groups excluding carboxylic acids is 2. The van der Waals surface area contributed by atoms with Crippen LogP contribution in [0.2, 0.25) is 0 Å². The molecule has 8 rings (SSSR count). The molecule has 2 aliphatic carbocycles. The molecule has 1 atom stereocenters. The first-order valence-electron chi connectivity index (χ1n) is 21.4. The van der Waals surface area contributed by atoms with Gasteiger partial charge < -0.3 is 25.0 Å². The van der Waals surface area contributed by atoms with Gasteiger partial charge in [0, 0.05) is 67.5 Å². The molecule has 2 saturated heterocycles. The number of aromatic nitrogens is 2. The quantitative estimate of drug-likeness (QED) is 0.120. The molecule has 0 unspecified atom stereocenters. The molecule has 4 fully saturated rings. The second kappa shape index (κ2) is 17.4. The number of rotatable bonds is 10. The highest BCUT2D eigenvalue weighted by Crippen LogP contribution is 2.46. The molecule has 57 heavy (non-hydrogen) atoms. The van der Waals surface area contributed by atoms with Crippen LogP contribution in [0, 0.1) is 24.2 Å². The maximum atomic E-state index is 13.8. The molecule has 304 valence electrons. The van der Waals surface area contributed by atoms with Crippen molar-refractivity contribution >= 4 is 39.9 Å². The molecule has 0 bridgehead atoms. The SMILES string of the molecule is COc1cc2nc(C)nc(N[C@H](C)c3cc(-c4ccccc4OC(C)=O)cs3)c2cc1C1CCC(C(=O)N2CCN(CC3CCC4(CCNCC4)CC3)CC2)CC1. The van der Waals surface area contributed by atoms with Gasteiger partial charge in [-0.25, -0.2) is 9.97 Å². The molecule has 4 aliphatic rings. The highest BCUT2D eigenvalue weighted by molar-refractivity contribution is 7.10. The van der Waals surface area contributed by atoms with Crippen LogP contribution in [0.5, 0.6) is 11.5 Å². The number of amides is 1. The van der Waals surface area contributed by atoms with Crippen LogP contribution < -0.4 is 20.1 Å². The molecular formula is C46H60N6O4S. The van der Waals surface area contributed by atoms with Gasteiger partial charge in [-0.3, -0.25) is 14.5 Å². The van der Waals surface area contributed by atoms with Gasteiger partial charge in [0.05, 0.1) is 18.7 Å². The van der Waals surface area contributed by atoms with E-state index in [0.29, 0.717) is 28.8 Å². The zero-order chi connectivity index (χ0) is 39.5. The highest BCUT2D eigenvalue weighted by Gasteiger charge is 2.37. The third-order valence-corrected chi connectivity index (χ3v) is 14.7. The molecule has 2 aromatic heterocycles. The van der Waals surface area contributed by atoms with Gasteiger partial charge in [-0.1, -0.05) is 18.2 Å². The Hall–Kier alpha value is -4.06. The first-order chi connectivity index (χ1) is 27.7. The monoisotopic (exact) mass is 792 g/mol. The minimum absolute atomic E-state index is 0.0324. The van der Waals surface area contributed by atoms with Crippen LogP contribution in [0.15, 0.2) is 47.8 Å². The van der Waals surface area contributed by atoms with Crippen molar-refractivity contribution in [2.45, 2.75) is 96.9 Å². The second-order valence-electron chi connectivity index (χ2n) is 17.3. The maximum absolute atomic E-state index is 13.8. The summed E-state index contributed by atoms with van der Waals surface area (Å²) < 4.78 is 11.5. The largest absolute Gasteiger partial charge is 0.496 e. The van der Waals surface area contributed by atoms with E-state index >= 15 is 0 Å². The summed E-state index contributed by atoms with van der Waals surface area (Å²) in [5, 5.41) is 10.3. The van der Waals surface area contributed by atoms with Crippen LogP contribution in [0.3, 0.4) is 0 Å². The third kappa shape index (κ3) is 9.00. The van der Waals surface area contributed by atoms with E-state index in [0.717, 1.165) is 96.3 Å². The van der Waals surface area contributed by atoms with E-state index in [1.807, 2.05) is 31.2 Å². The predicted octanol–water partition coefficient (Wildman–Crippen LogP) is 8.75. The van der Waals surface area contributed by atoms with Gasteiger partial charge in [0.2, 0.25) is 5.91 Å². The average Bonchev–Trinajstić information content (AvgIpc) is 3.72. The van der Waals surface area contributed by atoms with E-state index in [1.165, 1.54) is 70.6 Å². The number of piperidine rings is 1. The van der Waals surface area contributed by atoms with Gasteiger partial charge in [0.15, 0.2) is 0 Å². The van der Waals surface area contributed by atoms with Crippen molar-refractivity contribution in [1.82, 2.24) is 25.1 Å². The zero-order valence-electron chi connectivity index (χ0n) is 34.3. The first-order valence-corrected chi connectivity index (χ1v) is 22.3. The van der Waals surface area contributed by atoms with Gasteiger partial charge in [-0.2, -0.15) is 0 Å². The Kier molecular flexibility index (Phi) is 12.2. The molecule has 4 heterocycles. The van der Waals surface area contributed by atoms with E-state index in [2.05, 4.69) is 50.9 Å². The van der Waals surface area contributed by atoms with Gasteiger partial charge in [0.25, 0.3) is 0 Å². The summed E-state index contributed by atoms with van der Waals surface area (Å²) in [6, 6.07) is 14.0. The number of hydrogen-bond acceptors (Lipinski definition) is 10. The van der Waals surface area contributed by atoms with Crippen molar-refractivity contribution in [2.75, 3.05) is 58.2 Å². The van der Waals surface area contributed by atoms with E-state index < -0.39 is 0 Å². The average molecular weight is 793 g/mol. The van der Waals surface area contributed by atoms with E-state index in [9.17, 15) is 9.59 Å². The number of thiophene rings is 1. The Morgan fingerprint density at radius 1 is 0.947 bits per heavy atom. The minimum atomic E-state index is -0.338. The number of nitrogens with zero attached hydrogens (tertiary/aromatic N) is 4. The number of nitrogens with one attached hydrogen (secondary N) is 2. The fourth-order valence-corrected chi connectivity index (χ4v) is 11.1. The van der Waals surface area contributed by atoms with Gasteiger partial charge in [-0.15, -0.1) is 11.3 Å². The second-order valence-corrected chi connectivity index (χ2v) is 18.2. The van der Waals surface area contributed by atoms with Crippen LogP contribution in [0.1, 0.15) is 106 Å². The van der Waals surface area contributed by atoms with Crippen LogP contribution in [-0.4, -0.2) is 84.6 Å². The van der Waals surface area contributed by atoms with Crippen molar-refractivity contribution in [3.63, 3.8) is 0 Å². The molecule has 1 amide bonds. The summed E-state index contributed by atoms with van der Waals surface area (Å²) in [4.78, 5) is 41.2. The molecular weight excluding hydrogens is 733 g/mol. The van der Waals surface area contributed by atoms with E-state index in [4.69, 9.17) is 19.4 Å². The Morgan fingerprint density at radius 3 is 2.40 bits per heavy atom. The molecule has 2 saturated carbocycles. The fourth-order valence-electron chi connectivity index (χ4n) is 10.2. The Balaban J connectivity index is 0.884. The topological polar surface area (TPSA) is 109 Å². The fraction of sp³-hybridized carbons (Fsp3) is 0.565. The van der Waals surface area contributed by atoms with Gasteiger partial charge in [-0.05, 0) is 143 Å². The van der Waals surface area contributed by atoms with Crippen LogP contribution >= 0.6 is 11.3 Å². The third-order valence-electron chi connectivity index (χ3n) is 13.6. The van der Waals surface area contributed by atoms with Crippen molar-refractivity contribution in [1.29, 1.82) is 0 Å². The summed E-state index contributed by atoms with van der Waals surface area (Å²) in [6.07, 6.45) is 12.0. The number of fused-ring (bicyclic) bond motifs is 1. The van der Waals surface area contributed by atoms with Crippen molar-refractivity contribution in [3.05, 3.63) is 64.1 Å². The molecule has 11 heteroatoms. The molecule has 2 aliphatic heterocycles. The maximum Gasteiger partial charge on any atom is 0.308 e. The summed E-state index contributed by atoms with van der Waals surface area (Å²) in [7, 11) is 1.74. The Bertz CT molecular complexity index is 2040. The smallest absolute Gasteiger partial charge is 0.308 e. The molecule has 2 aromatic carbocycles. The summed E-state index contributed by atoms with van der Waals surface area (Å²) in [5.41, 5.74) is 4.53. The van der Waals surface area contributed by atoms with Crippen molar-refractivity contribution < 1.29 is 19.1 Å². The number of hydrogen-bond donors (Lipinski definition) is 2. The van der Waals surface area contributed by atoms with Crippen LogP contribution in [0.25, 0.3) is 22.0 Å². The van der Waals surface area contributed by atoms with Gasteiger partial charge in [0.1, 0.15) is 23.1 Å². The molecule has 1 spiro atoms. The molecule has 10 nitrogen and oxygen atoms in total. The number of esters is 1. The normalized spacial score (nSPS) is 22.4. The number of para-hydroxylation sites is 1. The standard InChI is InChI=1S/C46H60N6O4S/c1-30(43-25-36(29-57-43)37-7-5-6-8-41(37)56-32(3)53)48-44-39-26-38(42(55-4)27-40(39)49-31(2)50-44)34-9-11-35(12-10-34)45(54)52-23-21-51(22-24-52)28-33-13-15-46(16-14-33)17-19-47-20-18-46/h5-8,25-27,29-30,33-35,47H,9-24,28H2,1-4H3,(H,48,49,50)/t30-,34?,35?/m1/s1. The predicted molar refractivity (Wildman–Crippen MR) is 228 cm³/mol. The van der Waals surface area contributed by atoms with E-state index in [-0.39, 0.29) is 17.9 Å². The lowest BCUT2D eigenvalue weighted by atomic mass is 9.65. The van der Waals surface area contributed by atoms with Crippen molar-refractivity contribution in [2.24, 2.45) is 17.3 Å². The molecule has 2 N–H and O–H groups in total. The molecule has 0 radical (unpaired) electrons. The van der Waals surface area contributed by atoms with Crippen LogP contribution in [0.4, 0.5) is 5.82 Å². The summed E-state index contributed by atoms with van der Waals surface area (Å²) in [5.74, 6) is 4.13. The summed E-state index contributed by atoms with van der Waals surface area (Å²) >= 11 is 1.66. The van der Waals surface area contributed by atoms with Gasteiger partial charge >= 0.3 is 5.97 Å². The number of methoxy groups -OCH3 is 1. The molecule has 4 aromatic rings. The lowest BCUT2D eigenvalue weighted by Crippen LogP contribution is -2.51. The number of carbonyl (C=O) groups is 2. The number of anilines is 1. The minimum Gasteiger partial charge on any atom is -0.496 e. The number of ether oxygens (including phenoxy) is 2.